The van der Waals surface area contributed by atoms with Crippen LogP contribution in [0.15, 0.2) is 28.2 Å². The zero-order valence-corrected chi connectivity index (χ0v) is 23.3. The molecular weight excluding hydrogens is 562 g/mol. The van der Waals surface area contributed by atoms with Crippen LogP contribution in [0.25, 0.3) is 10.4 Å². The van der Waals surface area contributed by atoms with E-state index in [1.807, 2.05) is 0 Å². The van der Waals surface area contributed by atoms with Crippen LogP contribution >= 0.6 is 0 Å². The van der Waals surface area contributed by atoms with Crippen LogP contribution in [0.1, 0.15) is 33.6 Å². The van der Waals surface area contributed by atoms with Gasteiger partial charge in [-0.3, -0.25) is 33.6 Å². The summed E-state index contributed by atoms with van der Waals surface area (Å²) in [6, 6.07) is 3.43. The number of fused-ring (bicyclic) bond motifs is 1. The molecule has 1 fully saturated rings. The first kappa shape index (κ1) is 32.3. The van der Waals surface area contributed by atoms with Gasteiger partial charge in [0.05, 0.1) is 98.6 Å². The molecule has 0 spiro atoms. The summed E-state index contributed by atoms with van der Waals surface area (Å²) in [6.07, 6.45) is 0.0652. The Morgan fingerprint density at radius 3 is 2.05 bits per heavy atom. The van der Waals surface area contributed by atoms with Crippen molar-refractivity contribution in [2.24, 2.45) is 5.11 Å². The lowest BCUT2D eigenvalue weighted by molar-refractivity contribution is -0.136. The Kier molecular flexibility index (Phi) is 13.8. The number of rotatable bonds is 20. The van der Waals surface area contributed by atoms with Crippen molar-refractivity contribution in [3.8, 4) is 0 Å². The van der Waals surface area contributed by atoms with Crippen molar-refractivity contribution in [3.63, 3.8) is 0 Å². The third kappa shape index (κ3) is 9.67. The van der Waals surface area contributed by atoms with Crippen molar-refractivity contribution < 1.29 is 47.1 Å². The zero-order chi connectivity index (χ0) is 29.5. The minimum Gasteiger partial charge on any atom is -0.379 e. The van der Waals surface area contributed by atoms with Gasteiger partial charge in [0.2, 0.25) is 11.8 Å². The molecule has 0 aliphatic carbocycles. The molecule has 1 N–H and O–H groups in total. The molecule has 2 aliphatic heterocycles. The standard InChI is InChI=1S/C25H33N5O10S/c26-29-27-6-7-36-8-9-37-10-11-38-12-13-39-14-15-40-16-17-41(35)20-3-1-2-18-22(20)25(34)30(24(18)33)19-4-5-21(31)28-23(19)32/h1-3,19H,4-17H2,(H,28,31,32). The van der Waals surface area contributed by atoms with Gasteiger partial charge in [-0.25, -0.2) is 0 Å². The van der Waals surface area contributed by atoms with E-state index in [0.717, 1.165) is 4.90 Å². The molecule has 16 heteroatoms. The Morgan fingerprint density at radius 1 is 0.878 bits per heavy atom. The monoisotopic (exact) mass is 595 g/mol. The van der Waals surface area contributed by atoms with Crippen LogP contribution in [0.4, 0.5) is 0 Å². The maximum atomic E-state index is 13.1. The molecule has 15 nitrogen and oxygen atoms in total. The van der Waals surface area contributed by atoms with E-state index in [9.17, 15) is 23.4 Å². The lowest BCUT2D eigenvalue weighted by atomic mass is 10.0. The maximum Gasteiger partial charge on any atom is 0.263 e. The van der Waals surface area contributed by atoms with Crippen molar-refractivity contribution in [1.82, 2.24) is 10.2 Å². The number of benzene rings is 1. The van der Waals surface area contributed by atoms with Gasteiger partial charge in [0.25, 0.3) is 11.8 Å². The van der Waals surface area contributed by atoms with Crippen LogP contribution in [0.5, 0.6) is 0 Å². The number of hydrogen-bond donors (Lipinski definition) is 1. The molecule has 1 aromatic rings. The maximum absolute atomic E-state index is 13.1. The van der Waals surface area contributed by atoms with E-state index in [0.29, 0.717) is 59.4 Å². The minimum absolute atomic E-state index is 0.0184. The topological polar surface area (TPSA) is 196 Å². The fraction of sp³-hybridized carbons (Fsp3) is 0.600. The van der Waals surface area contributed by atoms with E-state index in [4.69, 9.17) is 29.2 Å². The van der Waals surface area contributed by atoms with Gasteiger partial charge in [0.1, 0.15) is 6.04 Å². The Bertz CT molecular complexity index is 1160. The number of azide groups is 1. The third-order valence-electron chi connectivity index (χ3n) is 5.98. The normalized spacial score (nSPS) is 17.4. The fourth-order valence-corrected chi connectivity index (χ4v) is 5.19. The van der Waals surface area contributed by atoms with E-state index >= 15 is 0 Å². The number of carbonyl (C=O) groups excluding carboxylic acids is 4. The van der Waals surface area contributed by atoms with Crippen LogP contribution in [0, 0.1) is 0 Å². The smallest absolute Gasteiger partial charge is 0.263 e. The second-order valence-electron chi connectivity index (χ2n) is 8.69. The van der Waals surface area contributed by atoms with Gasteiger partial charge < -0.3 is 23.7 Å². The number of ether oxygens (including phenoxy) is 5. The molecule has 2 heterocycles. The summed E-state index contributed by atoms with van der Waals surface area (Å²) in [5, 5.41) is 5.50. The van der Waals surface area contributed by atoms with Crippen molar-refractivity contribution in [2.45, 2.75) is 23.8 Å². The highest BCUT2D eigenvalue weighted by atomic mass is 32.2. The minimum atomic E-state index is -1.63. The van der Waals surface area contributed by atoms with Crippen LogP contribution in [0.3, 0.4) is 0 Å². The second kappa shape index (κ2) is 17.5. The SMILES string of the molecule is [N-]=[N+]=NCCOCCOCCOCCOCCOCCS(=O)c1cccc2c1C(=O)N(C1CCC(=O)NC1=O)C2=O. The highest BCUT2D eigenvalue weighted by molar-refractivity contribution is 7.85. The first-order chi connectivity index (χ1) is 20.0. The van der Waals surface area contributed by atoms with Gasteiger partial charge in [-0.15, -0.1) is 0 Å². The van der Waals surface area contributed by atoms with Gasteiger partial charge in [-0.2, -0.15) is 0 Å². The molecule has 2 atom stereocenters. The quantitative estimate of drug-likeness (QED) is 0.0732. The van der Waals surface area contributed by atoms with Gasteiger partial charge in [-0.05, 0) is 24.1 Å². The largest absolute Gasteiger partial charge is 0.379 e. The summed E-state index contributed by atoms with van der Waals surface area (Å²) in [5.74, 6) is -2.40. The Morgan fingerprint density at radius 2 is 1.46 bits per heavy atom. The van der Waals surface area contributed by atoms with Crippen LogP contribution in [0.2, 0.25) is 0 Å². The number of carbonyl (C=O) groups is 4. The number of piperidine rings is 1. The molecule has 4 amide bonds. The number of nitrogens with one attached hydrogen (secondary N) is 1. The molecule has 0 bridgehead atoms. The van der Waals surface area contributed by atoms with Gasteiger partial charge in [0.15, 0.2) is 0 Å². The molecule has 0 saturated carbocycles. The van der Waals surface area contributed by atoms with E-state index in [1.165, 1.54) is 12.1 Å². The molecule has 41 heavy (non-hydrogen) atoms. The average Bonchev–Trinajstić information content (AvgIpc) is 3.21. The molecule has 2 aliphatic rings. The molecular formula is C25H33N5O10S. The summed E-state index contributed by atoms with van der Waals surface area (Å²) in [4.78, 5) is 53.4. The summed E-state index contributed by atoms with van der Waals surface area (Å²) in [5.41, 5.74) is 8.24. The Hall–Kier alpha value is -3.24. The first-order valence-electron chi connectivity index (χ1n) is 13.1. The molecule has 3 rings (SSSR count). The number of imide groups is 2. The van der Waals surface area contributed by atoms with Gasteiger partial charge in [-0.1, -0.05) is 11.2 Å². The predicted molar refractivity (Wildman–Crippen MR) is 142 cm³/mol. The number of hydrogen-bond acceptors (Lipinski definition) is 11. The molecule has 1 aromatic carbocycles. The fourth-order valence-electron chi connectivity index (χ4n) is 4.05. The second-order valence-corrected chi connectivity index (χ2v) is 10.2. The lowest BCUT2D eigenvalue weighted by Gasteiger charge is -2.27. The average molecular weight is 596 g/mol. The molecule has 1 saturated heterocycles. The molecule has 0 aromatic heterocycles. The summed E-state index contributed by atoms with van der Waals surface area (Å²) in [6.45, 7) is 3.78. The summed E-state index contributed by atoms with van der Waals surface area (Å²) >= 11 is 0. The Balaban J connectivity index is 1.27. The van der Waals surface area contributed by atoms with Crippen molar-refractivity contribution in [2.75, 3.05) is 78.4 Å². The highest BCUT2D eigenvalue weighted by Crippen LogP contribution is 2.31. The number of amides is 4. The van der Waals surface area contributed by atoms with Crippen LogP contribution in [-0.2, 0) is 44.1 Å². The van der Waals surface area contributed by atoms with E-state index in [1.54, 1.807) is 6.07 Å². The first-order valence-corrected chi connectivity index (χ1v) is 14.4. The Labute approximate surface area is 238 Å². The third-order valence-corrected chi connectivity index (χ3v) is 7.34. The number of nitrogens with zero attached hydrogens (tertiary/aromatic N) is 4. The van der Waals surface area contributed by atoms with E-state index in [-0.39, 0.29) is 47.8 Å². The van der Waals surface area contributed by atoms with Crippen molar-refractivity contribution in [1.29, 1.82) is 0 Å². The van der Waals surface area contributed by atoms with Crippen LogP contribution < -0.4 is 5.32 Å². The molecule has 224 valence electrons. The van der Waals surface area contributed by atoms with E-state index < -0.39 is 40.5 Å². The summed E-state index contributed by atoms with van der Waals surface area (Å²) < 4.78 is 39.8. The van der Waals surface area contributed by atoms with Crippen LogP contribution in [-0.4, -0.2) is 117 Å². The predicted octanol–water partition coefficient (Wildman–Crippen LogP) is 0.589. The highest BCUT2D eigenvalue weighted by Gasteiger charge is 2.46. The van der Waals surface area contributed by atoms with Crippen molar-refractivity contribution >= 4 is 34.4 Å². The summed E-state index contributed by atoms with van der Waals surface area (Å²) in [7, 11) is -1.63. The lowest BCUT2D eigenvalue weighted by Crippen LogP contribution is -2.54. The zero-order valence-electron chi connectivity index (χ0n) is 22.5. The molecule has 0 radical (unpaired) electrons. The van der Waals surface area contributed by atoms with E-state index in [2.05, 4.69) is 15.3 Å². The molecule has 2 unspecified atom stereocenters. The van der Waals surface area contributed by atoms with Gasteiger partial charge in [0, 0.05) is 17.9 Å². The van der Waals surface area contributed by atoms with Gasteiger partial charge >= 0.3 is 0 Å². The van der Waals surface area contributed by atoms with Crippen molar-refractivity contribution in [3.05, 3.63) is 39.8 Å².